The summed E-state index contributed by atoms with van der Waals surface area (Å²) in [7, 11) is 0. The molecule has 2 aromatic rings. The van der Waals surface area contributed by atoms with Gasteiger partial charge in [-0.25, -0.2) is 4.98 Å². The van der Waals surface area contributed by atoms with Crippen LogP contribution in [0.2, 0.25) is 0 Å². The van der Waals surface area contributed by atoms with E-state index in [1.807, 2.05) is 0 Å². The van der Waals surface area contributed by atoms with E-state index in [1.54, 1.807) is 11.3 Å². The highest BCUT2D eigenvalue weighted by Crippen LogP contribution is 2.40. The molecule has 2 aromatic heterocycles. The Hall–Kier alpha value is -1.60. The predicted octanol–water partition coefficient (Wildman–Crippen LogP) is 3.63. The lowest BCUT2D eigenvalue weighted by Crippen LogP contribution is -1.98. The average molecular weight is 257 g/mol. The molecule has 3 rings (SSSR count). The zero-order valence-electron chi connectivity index (χ0n) is 10.6. The molecule has 3 nitrogen and oxygen atoms in total. The number of hydrogen-bond acceptors (Lipinski definition) is 3. The van der Waals surface area contributed by atoms with Gasteiger partial charge in [0.15, 0.2) is 0 Å². The molecule has 2 heterocycles. The van der Waals surface area contributed by atoms with Gasteiger partial charge in [-0.3, -0.25) is 0 Å². The molecular weight excluding hydrogens is 242 g/mol. The van der Waals surface area contributed by atoms with Crippen LogP contribution in [0.5, 0.6) is 0 Å². The van der Waals surface area contributed by atoms with Crippen molar-refractivity contribution in [2.75, 3.05) is 0 Å². The Morgan fingerprint density at radius 3 is 2.94 bits per heavy atom. The molecule has 0 spiro atoms. The molecule has 0 atom stereocenters. The molecule has 0 aromatic carbocycles. The van der Waals surface area contributed by atoms with E-state index in [0.717, 1.165) is 10.7 Å². The summed E-state index contributed by atoms with van der Waals surface area (Å²) in [5.74, 6) is 0. The largest absolute Gasteiger partial charge is 0.345 e. The van der Waals surface area contributed by atoms with Crippen LogP contribution in [-0.2, 0) is 6.42 Å². The van der Waals surface area contributed by atoms with E-state index in [4.69, 9.17) is 5.26 Å². The second kappa shape index (κ2) is 4.25. The van der Waals surface area contributed by atoms with Gasteiger partial charge >= 0.3 is 0 Å². The highest BCUT2D eigenvalue weighted by molar-refractivity contribution is 7.10. The summed E-state index contributed by atoms with van der Waals surface area (Å²) in [4.78, 5) is 4.55. The van der Waals surface area contributed by atoms with Gasteiger partial charge < -0.3 is 4.57 Å². The van der Waals surface area contributed by atoms with E-state index < -0.39 is 0 Å². The van der Waals surface area contributed by atoms with Gasteiger partial charge in [-0.05, 0) is 32.8 Å². The van der Waals surface area contributed by atoms with E-state index >= 15 is 0 Å². The molecule has 4 heteroatoms. The van der Waals surface area contributed by atoms with Crippen molar-refractivity contribution in [1.82, 2.24) is 9.55 Å². The van der Waals surface area contributed by atoms with E-state index in [2.05, 4.69) is 40.9 Å². The molecule has 1 aliphatic carbocycles. The van der Waals surface area contributed by atoms with Crippen molar-refractivity contribution in [3.63, 3.8) is 0 Å². The minimum Gasteiger partial charge on any atom is -0.345 e. The zero-order chi connectivity index (χ0) is 12.7. The fourth-order valence-corrected chi connectivity index (χ4v) is 3.24. The van der Waals surface area contributed by atoms with Crippen molar-refractivity contribution in [1.29, 1.82) is 5.26 Å². The maximum Gasteiger partial charge on any atom is 0.107 e. The highest BCUT2D eigenvalue weighted by Gasteiger charge is 2.27. The summed E-state index contributed by atoms with van der Waals surface area (Å²) in [6, 6.07) is 5.08. The monoisotopic (exact) mass is 257 g/mol. The molecule has 0 bridgehead atoms. The van der Waals surface area contributed by atoms with Crippen molar-refractivity contribution in [2.24, 2.45) is 0 Å². The molecule has 92 valence electrons. The Labute approximate surface area is 111 Å². The first-order valence-electron chi connectivity index (χ1n) is 6.21. The van der Waals surface area contributed by atoms with Crippen LogP contribution in [0.3, 0.4) is 0 Å². The van der Waals surface area contributed by atoms with Gasteiger partial charge in [-0.15, -0.1) is 11.3 Å². The first-order chi connectivity index (χ1) is 8.70. The molecule has 0 N–H and O–H groups in total. The SMILES string of the molecule is Cc1cc(-c2csc(CC#N)n2)c(C)n1C1CC1. The molecule has 1 aliphatic rings. The Bertz CT molecular complexity index is 626. The topological polar surface area (TPSA) is 41.6 Å². The zero-order valence-corrected chi connectivity index (χ0v) is 11.4. The lowest BCUT2D eigenvalue weighted by molar-refractivity contribution is 0.700. The Balaban J connectivity index is 2.00. The smallest absolute Gasteiger partial charge is 0.107 e. The standard InChI is InChI=1S/C14H15N3S/c1-9-7-12(10(2)17(9)11-3-4-11)13-8-18-14(16-13)5-6-15/h7-8,11H,3-5H2,1-2H3. The van der Waals surface area contributed by atoms with Crippen LogP contribution in [-0.4, -0.2) is 9.55 Å². The quantitative estimate of drug-likeness (QED) is 0.842. The number of rotatable bonds is 3. The predicted molar refractivity (Wildman–Crippen MR) is 72.6 cm³/mol. The van der Waals surface area contributed by atoms with Gasteiger partial charge in [0.05, 0.1) is 18.2 Å². The van der Waals surface area contributed by atoms with Gasteiger partial charge in [-0.1, -0.05) is 0 Å². The van der Waals surface area contributed by atoms with Crippen molar-refractivity contribution in [2.45, 2.75) is 39.2 Å². The summed E-state index contributed by atoms with van der Waals surface area (Å²) in [5, 5.41) is 11.7. The molecule has 0 saturated heterocycles. The van der Waals surface area contributed by atoms with Crippen LogP contribution < -0.4 is 0 Å². The minimum absolute atomic E-state index is 0.409. The number of hydrogen-bond donors (Lipinski definition) is 0. The average Bonchev–Trinajstić information content (AvgIpc) is 2.98. The van der Waals surface area contributed by atoms with Crippen molar-refractivity contribution >= 4 is 11.3 Å². The lowest BCUT2D eigenvalue weighted by Gasteiger charge is -2.06. The van der Waals surface area contributed by atoms with Crippen LogP contribution in [0.25, 0.3) is 11.3 Å². The van der Waals surface area contributed by atoms with E-state index in [0.29, 0.717) is 12.5 Å². The van der Waals surface area contributed by atoms with Crippen LogP contribution in [0, 0.1) is 25.2 Å². The lowest BCUT2D eigenvalue weighted by atomic mass is 10.2. The molecule has 0 aliphatic heterocycles. The Kier molecular flexibility index (Phi) is 2.71. The van der Waals surface area contributed by atoms with Crippen molar-refractivity contribution in [3.8, 4) is 17.3 Å². The third-order valence-corrected chi connectivity index (χ3v) is 4.30. The molecule has 1 fully saturated rings. The van der Waals surface area contributed by atoms with Crippen molar-refractivity contribution < 1.29 is 0 Å². The molecule has 0 amide bonds. The van der Waals surface area contributed by atoms with E-state index in [1.165, 1.54) is 29.8 Å². The van der Waals surface area contributed by atoms with E-state index in [9.17, 15) is 0 Å². The summed E-state index contributed by atoms with van der Waals surface area (Å²) >= 11 is 1.57. The van der Waals surface area contributed by atoms with Crippen LogP contribution >= 0.6 is 11.3 Å². The maximum atomic E-state index is 8.70. The third kappa shape index (κ3) is 1.85. The fourth-order valence-electron chi connectivity index (χ4n) is 2.51. The molecule has 0 radical (unpaired) electrons. The summed E-state index contributed by atoms with van der Waals surface area (Å²) < 4.78 is 2.43. The molecule has 18 heavy (non-hydrogen) atoms. The second-order valence-electron chi connectivity index (χ2n) is 4.85. The first kappa shape index (κ1) is 11.5. The van der Waals surface area contributed by atoms with E-state index in [-0.39, 0.29) is 0 Å². The normalized spacial score (nSPS) is 14.7. The fraction of sp³-hybridized carbons (Fsp3) is 0.429. The van der Waals surface area contributed by atoms with Gasteiger partial charge in [0, 0.05) is 28.4 Å². The minimum atomic E-state index is 0.409. The van der Waals surface area contributed by atoms with Gasteiger partial charge in [-0.2, -0.15) is 5.26 Å². The van der Waals surface area contributed by atoms with Crippen LogP contribution in [0.1, 0.15) is 35.3 Å². The molecule has 0 unspecified atom stereocenters. The highest BCUT2D eigenvalue weighted by atomic mass is 32.1. The van der Waals surface area contributed by atoms with Gasteiger partial charge in [0.1, 0.15) is 5.01 Å². The third-order valence-electron chi connectivity index (χ3n) is 3.45. The summed E-state index contributed by atoms with van der Waals surface area (Å²) in [6.07, 6.45) is 3.01. The summed E-state index contributed by atoms with van der Waals surface area (Å²) in [6.45, 7) is 4.33. The second-order valence-corrected chi connectivity index (χ2v) is 5.79. The Morgan fingerprint density at radius 1 is 1.50 bits per heavy atom. The van der Waals surface area contributed by atoms with Crippen LogP contribution in [0.15, 0.2) is 11.4 Å². The number of aromatic nitrogens is 2. The molecule has 1 saturated carbocycles. The summed E-state index contributed by atoms with van der Waals surface area (Å²) in [5.41, 5.74) is 4.87. The number of thiazole rings is 1. The Morgan fingerprint density at radius 2 is 2.28 bits per heavy atom. The first-order valence-corrected chi connectivity index (χ1v) is 7.09. The number of aryl methyl sites for hydroxylation is 1. The number of nitrogens with zero attached hydrogens (tertiary/aromatic N) is 3. The van der Waals surface area contributed by atoms with Gasteiger partial charge in [0.25, 0.3) is 0 Å². The van der Waals surface area contributed by atoms with Crippen LogP contribution in [0.4, 0.5) is 0 Å². The molecular formula is C14H15N3S. The van der Waals surface area contributed by atoms with Gasteiger partial charge in [0.2, 0.25) is 0 Å². The maximum absolute atomic E-state index is 8.70. The van der Waals surface area contributed by atoms with Crippen molar-refractivity contribution in [3.05, 3.63) is 27.8 Å². The number of nitriles is 1.